The molecule has 2 N–H and O–H groups in total. The van der Waals surface area contributed by atoms with Gasteiger partial charge in [-0.1, -0.05) is 85.3 Å². The van der Waals surface area contributed by atoms with E-state index in [4.69, 9.17) is 4.74 Å². The van der Waals surface area contributed by atoms with Crippen LogP contribution in [0.25, 0.3) is 11.1 Å². The Labute approximate surface area is 278 Å². The number of amides is 2. The topological polar surface area (TPSA) is 70.7 Å². The number of hydrogen-bond acceptors (Lipinski definition) is 4. The number of nitrogens with zero attached hydrogens (tertiary/aromatic N) is 1. The molecular weight excluding hydrogens is 627 g/mol. The minimum atomic E-state index is -4.51. The number of para-hydroxylation sites is 2. The van der Waals surface area contributed by atoms with Crippen LogP contribution < -0.4 is 15.4 Å². The van der Waals surface area contributed by atoms with Gasteiger partial charge in [0.25, 0.3) is 5.91 Å². The zero-order valence-corrected chi connectivity index (χ0v) is 26.6. The number of ether oxygens (including phenoxy) is 1. The molecule has 1 heterocycles. The van der Waals surface area contributed by atoms with Gasteiger partial charge in [0.2, 0.25) is 5.91 Å². The third-order valence-corrected chi connectivity index (χ3v) is 8.89. The first-order chi connectivity index (χ1) is 22.2. The molecule has 6 rings (SSSR count). The average molecular weight is 664 g/mol. The van der Waals surface area contributed by atoms with Gasteiger partial charge in [-0.2, -0.15) is 13.2 Å². The van der Waals surface area contributed by atoms with Crippen LogP contribution in [0.2, 0.25) is 0 Å². The van der Waals surface area contributed by atoms with Crippen molar-refractivity contribution in [2.75, 3.05) is 26.2 Å². The number of carbonyl (C=O) groups is 2. The number of rotatable bonds is 11. The lowest BCUT2D eigenvalue weighted by Crippen LogP contribution is -2.47. The van der Waals surface area contributed by atoms with E-state index in [-0.39, 0.29) is 24.4 Å². The molecule has 0 saturated carbocycles. The van der Waals surface area contributed by atoms with E-state index < -0.39 is 24.0 Å². The quantitative estimate of drug-likeness (QED) is 0.163. The van der Waals surface area contributed by atoms with E-state index in [1.54, 1.807) is 12.1 Å². The van der Waals surface area contributed by atoms with Crippen LogP contribution in [0.1, 0.15) is 47.2 Å². The van der Waals surface area contributed by atoms with E-state index in [9.17, 15) is 22.8 Å². The number of carbonyl (C=O) groups excluding carboxylic acids is 2. The Morgan fingerprint density at radius 2 is 1.45 bits per heavy atom. The summed E-state index contributed by atoms with van der Waals surface area (Å²) >= 11 is 0. The summed E-state index contributed by atoms with van der Waals surface area (Å²) in [7, 11) is 0. The predicted molar refractivity (Wildman–Crippen MR) is 178 cm³/mol. The molecule has 2 amide bonds. The summed E-state index contributed by atoms with van der Waals surface area (Å²) in [6, 6.07) is 31.5. The number of nitrogens with one attached hydrogen (secondary N) is 2. The van der Waals surface area contributed by atoms with Gasteiger partial charge in [0, 0.05) is 19.1 Å². The van der Waals surface area contributed by atoms with Gasteiger partial charge in [-0.3, -0.25) is 9.59 Å². The molecule has 246 valence electrons. The van der Waals surface area contributed by atoms with Crippen LogP contribution in [0, 0.1) is 0 Å². The Hall–Kier alpha value is -4.34. The summed E-state index contributed by atoms with van der Waals surface area (Å²) in [5, 5.41) is 5.35. The van der Waals surface area contributed by atoms with E-state index in [1.807, 2.05) is 91.0 Å². The van der Waals surface area contributed by atoms with Gasteiger partial charge in [-0.25, -0.2) is 0 Å². The Kier molecular flexibility index (Phi) is 10.6. The third kappa shape index (κ3) is 7.47. The predicted octanol–water partition coefficient (Wildman–Crippen LogP) is 7.52. The first-order valence-corrected chi connectivity index (χ1v) is 15.6. The molecule has 4 aromatic carbocycles. The first kappa shape index (κ1) is 34.0. The first-order valence-electron chi connectivity index (χ1n) is 15.6. The zero-order valence-electron chi connectivity index (χ0n) is 25.8. The van der Waals surface area contributed by atoms with Crippen molar-refractivity contribution >= 4 is 24.2 Å². The van der Waals surface area contributed by atoms with Crippen LogP contribution in [0.15, 0.2) is 103 Å². The van der Waals surface area contributed by atoms with Gasteiger partial charge in [-0.05, 0) is 72.3 Å². The van der Waals surface area contributed by atoms with Crippen LogP contribution in [0.5, 0.6) is 11.5 Å². The van der Waals surface area contributed by atoms with E-state index in [1.165, 1.54) is 0 Å². The van der Waals surface area contributed by atoms with Gasteiger partial charge in [-0.15, -0.1) is 12.4 Å². The monoisotopic (exact) mass is 663 g/mol. The summed E-state index contributed by atoms with van der Waals surface area (Å²) in [4.78, 5) is 29.2. The number of likely N-dealkylation sites (tertiary alicyclic amines) is 1. The Morgan fingerprint density at radius 3 is 2.13 bits per heavy atom. The van der Waals surface area contributed by atoms with Gasteiger partial charge in [0.1, 0.15) is 23.5 Å². The number of halogens is 4. The normalized spacial score (nSPS) is 16.4. The van der Waals surface area contributed by atoms with Crippen molar-refractivity contribution in [1.82, 2.24) is 15.5 Å². The molecule has 0 bridgehead atoms. The maximum absolute atomic E-state index is 13.7. The maximum atomic E-state index is 13.7. The number of fused-ring (bicyclic) bond motifs is 3. The lowest BCUT2D eigenvalue weighted by Gasteiger charge is -2.31. The number of unbranched alkanes of at least 4 members (excludes halogenated alkanes) is 1. The van der Waals surface area contributed by atoms with Crippen molar-refractivity contribution in [3.05, 3.63) is 120 Å². The molecule has 2 aliphatic rings. The fraction of sp³-hybridized carbons (Fsp3) is 0.297. The van der Waals surface area contributed by atoms with Crippen molar-refractivity contribution in [2.45, 2.75) is 43.3 Å². The molecule has 1 saturated heterocycles. The van der Waals surface area contributed by atoms with Crippen LogP contribution in [0.4, 0.5) is 13.2 Å². The van der Waals surface area contributed by atoms with Gasteiger partial charge in [0.15, 0.2) is 0 Å². The second-order valence-corrected chi connectivity index (χ2v) is 11.9. The highest BCUT2D eigenvalue weighted by molar-refractivity contribution is 6.00. The fourth-order valence-corrected chi connectivity index (χ4v) is 6.79. The van der Waals surface area contributed by atoms with Crippen LogP contribution in [-0.4, -0.2) is 55.1 Å². The molecule has 1 atom stereocenters. The van der Waals surface area contributed by atoms with Crippen molar-refractivity contribution < 1.29 is 27.5 Å². The summed E-state index contributed by atoms with van der Waals surface area (Å²) in [6.45, 7) is 0.887. The van der Waals surface area contributed by atoms with Crippen LogP contribution in [-0.2, 0) is 10.2 Å². The maximum Gasteiger partial charge on any atom is 0.405 e. The van der Waals surface area contributed by atoms with Crippen molar-refractivity contribution in [2.24, 2.45) is 0 Å². The molecule has 1 aliphatic heterocycles. The largest absolute Gasteiger partial charge is 0.457 e. The SMILES string of the molecule is Cl.O=C(NC1CCN(CCCCC2(C(=O)NCC(F)(F)F)c3ccccc3-c3ccccc32)C1)c1ccccc1Oc1ccccc1. The average Bonchev–Trinajstić information content (AvgIpc) is 3.63. The smallest absolute Gasteiger partial charge is 0.405 e. The molecule has 0 aromatic heterocycles. The molecule has 0 radical (unpaired) electrons. The number of benzene rings is 4. The van der Waals surface area contributed by atoms with Crippen molar-refractivity contribution in [3.63, 3.8) is 0 Å². The molecule has 47 heavy (non-hydrogen) atoms. The second-order valence-electron chi connectivity index (χ2n) is 11.9. The standard InChI is InChI=1S/C37H36F3N3O3.ClH/c38-37(39,40)25-41-35(45)36(31-17-7-4-14-28(31)29-15-5-8-18-32(29)36)21-10-11-22-43-23-20-26(24-43)42-34(44)30-16-6-9-19-33(30)46-27-12-2-1-3-13-27;/h1-9,12-19,26H,10-11,20-25H2,(H,41,45)(H,42,44);1H. The van der Waals surface area contributed by atoms with E-state index in [0.717, 1.165) is 48.2 Å². The summed E-state index contributed by atoms with van der Waals surface area (Å²) in [5.41, 5.74) is 2.53. The van der Waals surface area contributed by atoms with Gasteiger partial charge < -0.3 is 20.3 Å². The highest BCUT2D eigenvalue weighted by Gasteiger charge is 2.49. The molecule has 4 aromatic rings. The lowest BCUT2D eigenvalue weighted by atomic mass is 9.73. The molecule has 0 spiro atoms. The highest BCUT2D eigenvalue weighted by atomic mass is 35.5. The minimum Gasteiger partial charge on any atom is -0.457 e. The molecule has 1 fully saturated rings. The van der Waals surface area contributed by atoms with E-state index in [0.29, 0.717) is 36.4 Å². The Morgan fingerprint density at radius 1 is 0.830 bits per heavy atom. The molecule has 1 unspecified atom stereocenters. The molecular formula is C37H37ClF3N3O3. The second kappa shape index (κ2) is 14.6. The number of hydrogen-bond donors (Lipinski definition) is 2. The van der Waals surface area contributed by atoms with Crippen LogP contribution in [0.3, 0.4) is 0 Å². The Balaban J connectivity index is 0.00000433. The van der Waals surface area contributed by atoms with E-state index in [2.05, 4.69) is 15.5 Å². The van der Waals surface area contributed by atoms with Crippen molar-refractivity contribution in [1.29, 1.82) is 0 Å². The highest BCUT2D eigenvalue weighted by Crippen LogP contribution is 2.51. The summed E-state index contributed by atoms with van der Waals surface area (Å²) in [5.74, 6) is 0.328. The minimum absolute atomic E-state index is 0. The van der Waals surface area contributed by atoms with Crippen LogP contribution >= 0.6 is 12.4 Å². The summed E-state index contributed by atoms with van der Waals surface area (Å²) < 4.78 is 45.5. The van der Waals surface area contributed by atoms with E-state index >= 15 is 0 Å². The Bertz CT molecular complexity index is 1650. The lowest BCUT2D eigenvalue weighted by molar-refractivity contribution is -0.141. The molecule has 10 heteroatoms. The molecule has 1 aliphatic carbocycles. The zero-order chi connectivity index (χ0) is 32.1. The number of alkyl halides is 3. The fourth-order valence-electron chi connectivity index (χ4n) is 6.79. The summed E-state index contributed by atoms with van der Waals surface area (Å²) in [6.07, 6.45) is -1.92. The molecule has 6 nitrogen and oxygen atoms in total. The third-order valence-electron chi connectivity index (χ3n) is 8.89. The van der Waals surface area contributed by atoms with Crippen molar-refractivity contribution in [3.8, 4) is 22.6 Å². The van der Waals surface area contributed by atoms with Gasteiger partial charge >= 0.3 is 6.18 Å². The van der Waals surface area contributed by atoms with Gasteiger partial charge in [0.05, 0.1) is 5.56 Å².